The first-order chi connectivity index (χ1) is 24.1. The van der Waals surface area contributed by atoms with E-state index in [4.69, 9.17) is 29.0 Å². The molecule has 0 aliphatic carbocycles. The summed E-state index contributed by atoms with van der Waals surface area (Å²) in [6, 6.07) is 40.8. The molecule has 4 aromatic carbocycles. The largest absolute Gasteiger partial charge is 0.487 e. The minimum atomic E-state index is -0.553. The second kappa shape index (κ2) is 15.3. The summed E-state index contributed by atoms with van der Waals surface area (Å²) < 4.78 is 17.0. The number of unbranched alkanes of at least 4 members (excludes halogenated alkanes) is 1. The zero-order valence-electron chi connectivity index (χ0n) is 27.5. The number of para-hydroxylation sites is 2. The minimum Gasteiger partial charge on any atom is -0.487 e. The predicted octanol–water partition coefficient (Wildman–Crippen LogP) is 8.18. The van der Waals surface area contributed by atoms with Crippen LogP contribution in [0, 0.1) is 0 Å². The van der Waals surface area contributed by atoms with Crippen molar-refractivity contribution in [3.63, 3.8) is 0 Å². The molecule has 0 N–H and O–H groups in total. The fourth-order valence-corrected chi connectivity index (χ4v) is 6.14. The van der Waals surface area contributed by atoms with Gasteiger partial charge >= 0.3 is 5.97 Å². The van der Waals surface area contributed by atoms with Crippen molar-refractivity contribution in [2.24, 2.45) is 0 Å². The number of aromatic nitrogens is 2. The molecule has 7 rings (SSSR count). The van der Waals surface area contributed by atoms with E-state index >= 15 is 0 Å². The zero-order valence-corrected chi connectivity index (χ0v) is 27.5. The number of aryl methyl sites for hydroxylation is 1. The van der Waals surface area contributed by atoms with E-state index in [1.807, 2.05) is 77.9 Å². The first-order valence-electron chi connectivity index (χ1n) is 16.8. The number of methoxy groups -OCH3 is 1. The summed E-state index contributed by atoms with van der Waals surface area (Å²) in [5.41, 5.74) is 6.09. The van der Waals surface area contributed by atoms with Gasteiger partial charge in [0.2, 0.25) is 0 Å². The molecule has 248 valence electrons. The van der Waals surface area contributed by atoms with Crippen molar-refractivity contribution in [1.29, 1.82) is 0 Å². The Kier molecular flexibility index (Phi) is 10.1. The van der Waals surface area contributed by atoms with E-state index < -0.39 is 6.10 Å². The summed E-state index contributed by atoms with van der Waals surface area (Å²) in [6.45, 7) is 1.31. The lowest BCUT2D eigenvalue weighted by molar-refractivity contribution is -0.314. The van der Waals surface area contributed by atoms with Gasteiger partial charge in [0.1, 0.15) is 24.7 Å². The van der Waals surface area contributed by atoms with Gasteiger partial charge in [0, 0.05) is 10.8 Å². The molecular weight excluding hydrogens is 614 g/mol. The van der Waals surface area contributed by atoms with Gasteiger partial charge in [-0.25, -0.2) is 14.8 Å². The second-order valence-corrected chi connectivity index (χ2v) is 12.3. The van der Waals surface area contributed by atoms with Crippen molar-refractivity contribution < 1.29 is 23.8 Å². The van der Waals surface area contributed by atoms with Crippen LogP contribution in [0.15, 0.2) is 121 Å². The van der Waals surface area contributed by atoms with E-state index in [9.17, 15) is 4.79 Å². The van der Waals surface area contributed by atoms with Crippen LogP contribution in [0.3, 0.4) is 0 Å². The van der Waals surface area contributed by atoms with Crippen molar-refractivity contribution in [3.05, 3.63) is 144 Å². The molecule has 1 saturated heterocycles. The lowest BCUT2D eigenvalue weighted by atomic mass is 9.97. The third-order valence-electron chi connectivity index (χ3n) is 8.89. The van der Waals surface area contributed by atoms with E-state index in [-0.39, 0.29) is 12.0 Å². The fourth-order valence-electron chi connectivity index (χ4n) is 6.14. The molecule has 2 aromatic heterocycles. The lowest BCUT2D eigenvalue weighted by Gasteiger charge is -2.42. The smallest absolute Gasteiger partial charge is 0.338 e. The van der Waals surface area contributed by atoms with E-state index in [1.165, 1.54) is 12.7 Å². The molecule has 0 spiro atoms. The maximum atomic E-state index is 12.0. The number of hydrogen-bond donors (Lipinski definition) is 0. The molecule has 8 nitrogen and oxygen atoms in total. The number of carbonyl (C=O) groups excluding carboxylic acids is 1. The van der Waals surface area contributed by atoms with Crippen LogP contribution in [0.25, 0.3) is 21.8 Å². The Morgan fingerprint density at radius 1 is 0.735 bits per heavy atom. The third-order valence-corrected chi connectivity index (χ3v) is 8.89. The van der Waals surface area contributed by atoms with Crippen LogP contribution in [0.2, 0.25) is 0 Å². The first kappa shape index (κ1) is 32.2. The third kappa shape index (κ3) is 8.05. The molecule has 1 fully saturated rings. The molecule has 1 aliphatic rings. The number of ether oxygens (including phenoxy) is 3. The predicted molar refractivity (Wildman–Crippen MR) is 189 cm³/mol. The topological polar surface area (TPSA) is 83.0 Å². The quantitative estimate of drug-likeness (QED) is 0.0860. The van der Waals surface area contributed by atoms with Gasteiger partial charge in [0.05, 0.1) is 42.1 Å². The highest BCUT2D eigenvalue weighted by atomic mass is 16.7. The summed E-state index contributed by atoms with van der Waals surface area (Å²) in [7, 11) is 1.39. The van der Waals surface area contributed by atoms with E-state index in [2.05, 4.69) is 48.5 Å². The minimum absolute atomic E-state index is 0.0107. The number of pyridine rings is 2. The summed E-state index contributed by atoms with van der Waals surface area (Å²) in [5, 5.41) is 4.13. The molecule has 49 heavy (non-hydrogen) atoms. The number of nitrogens with zero attached hydrogens (tertiary/aromatic N) is 3. The molecule has 6 aromatic rings. The van der Waals surface area contributed by atoms with Crippen molar-refractivity contribution >= 4 is 27.8 Å². The van der Waals surface area contributed by atoms with Gasteiger partial charge in [-0.2, -0.15) is 5.06 Å². The van der Waals surface area contributed by atoms with Crippen LogP contribution in [0.5, 0.6) is 11.5 Å². The molecule has 0 radical (unpaired) electrons. The van der Waals surface area contributed by atoms with Crippen LogP contribution < -0.4 is 9.47 Å². The molecule has 0 amide bonds. The van der Waals surface area contributed by atoms with Gasteiger partial charge in [-0.3, -0.25) is 4.84 Å². The summed E-state index contributed by atoms with van der Waals surface area (Å²) in [6.07, 6.45) is 3.30. The van der Waals surface area contributed by atoms with Gasteiger partial charge < -0.3 is 14.2 Å². The van der Waals surface area contributed by atoms with Crippen LogP contribution in [-0.2, 0) is 34.0 Å². The zero-order chi connectivity index (χ0) is 33.4. The van der Waals surface area contributed by atoms with E-state index in [0.717, 1.165) is 75.9 Å². The maximum absolute atomic E-state index is 12.0. The van der Waals surface area contributed by atoms with Crippen LogP contribution in [-0.4, -0.2) is 40.8 Å². The number of hydrogen-bond acceptors (Lipinski definition) is 8. The van der Waals surface area contributed by atoms with E-state index in [1.54, 1.807) is 0 Å². The molecular formula is C41H39N3O5. The van der Waals surface area contributed by atoms with Crippen molar-refractivity contribution in [1.82, 2.24) is 15.0 Å². The fraction of sp³-hybridized carbons (Fsp3) is 0.244. The molecule has 1 aliphatic heterocycles. The second-order valence-electron chi connectivity index (χ2n) is 12.3. The van der Waals surface area contributed by atoms with Crippen molar-refractivity contribution in [3.8, 4) is 11.5 Å². The highest BCUT2D eigenvalue weighted by molar-refractivity contribution is 5.79. The summed E-state index contributed by atoms with van der Waals surface area (Å²) >= 11 is 0. The average molecular weight is 654 g/mol. The number of carbonyl (C=O) groups is 1. The first-order valence-corrected chi connectivity index (χ1v) is 16.8. The molecule has 2 atom stereocenters. The highest BCUT2D eigenvalue weighted by Crippen LogP contribution is 2.34. The summed E-state index contributed by atoms with van der Waals surface area (Å²) in [4.78, 5) is 27.3. The summed E-state index contributed by atoms with van der Waals surface area (Å²) in [5.74, 6) is 1.26. The molecule has 0 saturated carbocycles. The van der Waals surface area contributed by atoms with E-state index in [0.29, 0.717) is 19.8 Å². The number of fused-ring (bicyclic) bond motifs is 2. The Morgan fingerprint density at radius 2 is 1.29 bits per heavy atom. The van der Waals surface area contributed by atoms with Crippen LogP contribution in [0.1, 0.15) is 47.8 Å². The highest BCUT2D eigenvalue weighted by Gasteiger charge is 2.39. The Balaban J connectivity index is 0.913. The normalized spacial score (nSPS) is 15.1. The number of hydroxylamine groups is 2. The van der Waals surface area contributed by atoms with Gasteiger partial charge in [-0.05, 0) is 78.9 Å². The lowest BCUT2D eigenvalue weighted by Crippen LogP contribution is -2.54. The van der Waals surface area contributed by atoms with Crippen LogP contribution >= 0.6 is 0 Å². The Labute approximate surface area is 286 Å². The van der Waals surface area contributed by atoms with Gasteiger partial charge in [0.15, 0.2) is 6.10 Å². The number of esters is 1. The molecule has 0 bridgehead atoms. The Hall–Kier alpha value is -5.31. The average Bonchev–Trinajstić information content (AvgIpc) is 3.14. The number of rotatable bonds is 14. The van der Waals surface area contributed by atoms with Gasteiger partial charge in [-0.15, -0.1) is 0 Å². The number of benzene rings is 4. The van der Waals surface area contributed by atoms with Gasteiger partial charge in [0.25, 0.3) is 0 Å². The Morgan fingerprint density at radius 3 is 1.86 bits per heavy atom. The SMILES string of the molecule is COC(=O)C1CN(C(CCCCc2ccc(OCc3ccc4ccccc4n3)cc2)c2ccc(OCc3ccc4ccccc4n3)cc2)O1. The molecule has 8 heteroatoms. The van der Waals surface area contributed by atoms with Crippen molar-refractivity contribution in [2.75, 3.05) is 13.7 Å². The standard InChI is InChI=1S/C41H39N3O5/c1-46-41(45)40-26-44(49-40)39(32-18-24-36(25-19-32)48-28-34-21-17-31-10-4-6-12-38(31)43-34)13-7-2-8-29-14-22-35(23-15-29)47-27-33-20-16-30-9-3-5-11-37(30)42-33/h3-6,9-12,14-25,39-40H,2,7-8,13,26-28H2,1H3. The maximum Gasteiger partial charge on any atom is 0.338 e. The van der Waals surface area contributed by atoms with Crippen molar-refractivity contribution in [2.45, 2.75) is 51.0 Å². The monoisotopic (exact) mass is 653 g/mol. The Bertz CT molecular complexity index is 2010. The van der Waals surface area contributed by atoms with Crippen LogP contribution in [0.4, 0.5) is 0 Å². The molecule has 3 heterocycles. The van der Waals surface area contributed by atoms with Gasteiger partial charge in [-0.1, -0.05) is 79.2 Å². The molecule has 2 unspecified atom stereocenters.